The van der Waals surface area contributed by atoms with Crippen LogP contribution in [0.1, 0.15) is 16.7 Å². The van der Waals surface area contributed by atoms with E-state index in [1.807, 2.05) is 25.1 Å². The predicted octanol–water partition coefficient (Wildman–Crippen LogP) is 3.93. The van der Waals surface area contributed by atoms with Crippen LogP contribution in [0.4, 0.5) is 4.39 Å². The minimum absolute atomic E-state index is 0.279. The molecular weight excluding hydrogens is 309 g/mol. The third kappa shape index (κ3) is 3.55. The third-order valence-electron chi connectivity index (χ3n) is 2.86. The van der Waals surface area contributed by atoms with Crippen LogP contribution in [0.5, 0.6) is 5.75 Å². The first-order valence-corrected chi connectivity index (χ1v) is 6.76. The molecular formula is C15H15BrFNO. The van der Waals surface area contributed by atoms with Crippen LogP contribution in [0.15, 0.2) is 40.9 Å². The molecule has 0 atom stereocenters. The van der Waals surface area contributed by atoms with Crippen LogP contribution in [0.2, 0.25) is 0 Å². The number of hydrogen-bond acceptors (Lipinski definition) is 2. The van der Waals surface area contributed by atoms with Gasteiger partial charge in [0.05, 0.1) is 4.47 Å². The molecule has 2 aromatic carbocycles. The monoisotopic (exact) mass is 323 g/mol. The van der Waals surface area contributed by atoms with Crippen molar-refractivity contribution >= 4 is 15.9 Å². The second kappa shape index (κ2) is 6.17. The minimum Gasteiger partial charge on any atom is -0.488 e. The van der Waals surface area contributed by atoms with Crippen molar-refractivity contribution in [3.63, 3.8) is 0 Å². The molecule has 0 aromatic heterocycles. The predicted molar refractivity (Wildman–Crippen MR) is 77.5 cm³/mol. The first-order valence-electron chi connectivity index (χ1n) is 5.96. The van der Waals surface area contributed by atoms with E-state index in [0.29, 0.717) is 13.2 Å². The summed E-state index contributed by atoms with van der Waals surface area (Å²) in [6.45, 7) is 2.67. The van der Waals surface area contributed by atoms with Gasteiger partial charge in [-0.1, -0.05) is 12.1 Å². The molecule has 19 heavy (non-hydrogen) atoms. The number of ether oxygens (including phenoxy) is 1. The van der Waals surface area contributed by atoms with Crippen molar-refractivity contribution in [2.75, 3.05) is 0 Å². The highest BCUT2D eigenvalue weighted by molar-refractivity contribution is 9.10. The molecule has 2 nitrogen and oxygen atoms in total. The molecule has 0 saturated heterocycles. The zero-order valence-electron chi connectivity index (χ0n) is 10.6. The summed E-state index contributed by atoms with van der Waals surface area (Å²) in [5.41, 5.74) is 8.44. The van der Waals surface area contributed by atoms with Crippen LogP contribution in [-0.2, 0) is 13.2 Å². The first-order chi connectivity index (χ1) is 9.10. The maximum absolute atomic E-state index is 13.2. The summed E-state index contributed by atoms with van der Waals surface area (Å²) in [5, 5.41) is 0. The fraction of sp³-hybridized carbons (Fsp3) is 0.200. The van der Waals surface area contributed by atoms with Crippen LogP contribution in [-0.4, -0.2) is 0 Å². The minimum atomic E-state index is -0.279. The number of nitrogens with two attached hydrogens (primary N) is 1. The zero-order valence-corrected chi connectivity index (χ0v) is 12.2. The number of aryl methyl sites for hydroxylation is 1. The molecule has 100 valence electrons. The van der Waals surface area contributed by atoms with Gasteiger partial charge in [-0.05, 0) is 63.8 Å². The van der Waals surface area contributed by atoms with Crippen molar-refractivity contribution in [1.82, 2.24) is 0 Å². The standard InChI is InChI=1S/C15H15BrFNO/c1-10-2-5-15(14(16)6-10)19-9-12-7-13(17)4-3-11(12)8-18/h2-7H,8-9,18H2,1H3. The Balaban J connectivity index is 2.16. The molecule has 0 aliphatic rings. The number of halogens is 2. The van der Waals surface area contributed by atoms with Gasteiger partial charge in [0.1, 0.15) is 18.2 Å². The lowest BCUT2D eigenvalue weighted by Crippen LogP contribution is -2.05. The number of benzene rings is 2. The maximum Gasteiger partial charge on any atom is 0.134 e. The SMILES string of the molecule is Cc1ccc(OCc2cc(F)ccc2CN)c(Br)c1. The van der Waals surface area contributed by atoms with Gasteiger partial charge in [0.25, 0.3) is 0 Å². The summed E-state index contributed by atoms with van der Waals surface area (Å²) in [6, 6.07) is 10.4. The second-order valence-electron chi connectivity index (χ2n) is 4.34. The highest BCUT2D eigenvalue weighted by Crippen LogP contribution is 2.27. The molecule has 0 aliphatic heterocycles. The normalized spacial score (nSPS) is 10.5. The Morgan fingerprint density at radius 2 is 1.95 bits per heavy atom. The topological polar surface area (TPSA) is 35.2 Å². The van der Waals surface area contributed by atoms with Crippen LogP contribution in [0.25, 0.3) is 0 Å². The quantitative estimate of drug-likeness (QED) is 0.925. The molecule has 0 saturated carbocycles. The van der Waals surface area contributed by atoms with Crippen LogP contribution < -0.4 is 10.5 Å². The third-order valence-corrected chi connectivity index (χ3v) is 3.48. The van der Waals surface area contributed by atoms with Crippen molar-refractivity contribution in [2.45, 2.75) is 20.1 Å². The Labute approximate surface area is 120 Å². The van der Waals surface area contributed by atoms with E-state index >= 15 is 0 Å². The van der Waals surface area contributed by atoms with E-state index in [9.17, 15) is 4.39 Å². The molecule has 4 heteroatoms. The fourth-order valence-corrected chi connectivity index (χ4v) is 2.41. The van der Waals surface area contributed by atoms with E-state index in [4.69, 9.17) is 10.5 Å². The molecule has 0 fully saturated rings. The van der Waals surface area contributed by atoms with Gasteiger partial charge in [0, 0.05) is 6.54 Å². The molecule has 0 aliphatic carbocycles. The highest BCUT2D eigenvalue weighted by atomic mass is 79.9. The van der Waals surface area contributed by atoms with E-state index in [-0.39, 0.29) is 5.82 Å². The lowest BCUT2D eigenvalue weighted by molar-refractivity contribution is 0.302. The Morgan fingerprint density at radius 1 is 1.16 bits per heavy atom. The first kappa shape index (κ1) is 14.0. The summed E-state index contributed by atoms with van der Waals surface area (Å²) >= 11 is 3.45. The Hall–Kier alpha value is -1.39. The number of rotatable bonds is 4. The van der Waals surface area contributed by atoms with Crippen LogP contribution >= 0.6 is 15.9 Å². The smallest absolute Gasteiger partial charge is 0.134 e. The Kier molecular flexibility index (Phi) is 4.56. The summed E-state index contributed by atoms with van der Waals surface area (Å²) in [4.78, 5) is 0. The van der Waals surface area contributed by atoms with Gasteiger partial charge >= 0.3 is 0 Å². The Bertz CT molecular complexity index is 586. The molecule has 0 bridgehead atoms. The lowest BCUT2D eigenvalue weighted by atomic mass is 10.1. The summed E-state index contributed by atoms with van der Waals surface area (Å²) in [5.74, 6) is 0.455. The van der Waals surface area contributed by atoms with Gasteiger partial charge in [-0.3, -0.25) is 0 Å². The largest absolute Gasteiger partial charge is 0.488 e. The van der Waals surface area contributed by atoms with Gasteiger partial charge in [0.15, 0.2) is 0 Å². The number of hydrogen-bond donors (Lipinski definition) is 1. The molecule has 0 unspecified atom stereocenters. The zero-order chi connectivity index (χ0) is 13.8. The van der Waals surface area contributed by atoms with Crippen LogP contribution in [0, 0.1) is 12.7 Å². The van der Waals surface area contributed by atoms with Crippen molar-refractivity contribution in [3.05, 3.63) is 63.4 Å². The molecule has 2 aromatic rings. The van der Waals surface area contributed by atoms with Gasteiger partial charge in [-0.2, -0.15) is 0 Å². The van der Waals surface area contributed by atoms with Gasteiger partial charge in [0.2, 0.25) is 0 Å². The summed E-state index contributed by atoms with van der Waals surface area (Å²) in [6.07, 6.45) is 0. The van der Waals surface area contributed by atoms with Gasteiger partial charge < -0.3 is 10.5 Å². The molecule has 0 radical (unpaired) electrons. The Morgan fingerprint density at radius 3 is 2.63 bits per heavy atom. The average Bonchev–Trinajstić information content (AvgIpc) is 2.38. The van der Waals surface area contributed by atoms with E-state index < -0.39 is 0 Å². The molecule has 0 spiro atoms. The van der Waals surface area contributed by atoms with E-state index in [1.165, 1.54) is 12.1 Å². The van der Waals surface area contributed by atoms with Crippen molar-refractivity contribution in [1.29, 1.82) is 0 Å². The maximum atomic E-state index is 13.2. The average molecular weight is 324 g/mol. The fourth-order valence-electron chi connectivity index (χ4n) is 1.81. The van der Waals surface area contributed by atoms with Gasteiger partial charge in [-0.15, -0.1) is 0 Å². The van der Waals surface area contributed by atoms with Crippen molar-refractivity contribution in [2.24, 2.45) is 5.73 Å². The highest BCUT2D eigenvalue weighted by Gasteiger charge is 2.06. The summed E-state index contributed by atoms with van der Waals surface area (Å²) < 4.78 is 19.8. The van der Waals surface area contributed by atoms with Crippen molar-refractivity contribution in [3.8, 4) is 5.75 Å². The van der Waals surface area contributed by atoms with Crippen LogP contribution in [0.3, 0.4) is 0 Å². The molecule has 0 amide bonds. The lowest BCUT2D eigenvalue weighted by Gasteiger charge is -2.11. The van der Waals surface area contributed by atoms with Crippen molar-refractivity contribution < 1.29 is 9.13 Å². The van der Waals surface area contributed by atoms with E-state index in [1.54, 1.807) is 6.07 Å². The second-order valence-corrected chi connectivity index (χ2v) is 5.19. The van der Waals surface area contributed by atoms with Gasteiger partial charge in [-0.25, -0.2) is 4.39 Å². The van der Waals surface area contributed by atoms with E-state index in [0.717, 1.165) is 26.9 Å². The summed E-state index contributed by atoms with van der Waals surface area (Å²) in [7, 11) is 0. The molecule has 2 N–H and O–H groups in total. The van der Waals surface area contributed by atoms with E-state index in [2.05, 4.69) is 15.9 Å². The molecule has 2 rings (SSSR count). The molecule has 0 heterocycles.